The summed E-state index contributed by atoms with van der Waals surface area (Å²) in [5, 5.41) is 3.00. The van der Waals surface area contributed by atoms with Crippen molar-refractivity contribution in [2.24, 2.45) is 5.92 Å². The number of aromatic nitrogens is 2. The van der Waals surface area contributed by atoms with Crippen molar-refractivity contribution in [2.75, 3.05) is 39.4 Å². The molecule has 3 rings (SSSR count). The van der Waals surface area contributed by atoms with Crippen LogP contribution in [0.3, 0.4) is 0 Å². The fourth-order valence-electron chi connectivity index (χ4n) is 3.76. The van der Waals surface area contributed by atoms with Gasteiger partial charge >= 0.3 is 5.97 Å². The summed E-state index contributed by atoms with van der Waals surface area (Å²) in [5.41, 5.74) is 1.85. The minimum Gasteiger partial charge on any atom is -0.490 e. The van der Waals surface area contributed by atoms with Gasteiger partial charge < -0.3 is 19.7 Å². The van der Waals surface area contributed by atoms with Crippen molar-refractivity contribution in [1.29, 1.82) is 0 Å². The molecule has 8 nitrogen and oxygen atoms in total. The number of likely N-dealkylation sites (tertiary alicyclic amines) is 1. The summed E-state index contributed by atoms with van der Waals surface area (Å²) >= 11 is 0. The average molecular weight is 402 g/mol. The Morgan fingerprint density at radius 3 is 2.69 bits per heavy atom. The Morgan fingerprint density at radius 1 is 1.24 bits per heavy atom. The molecule has 0 saturated carbocycles. The number of nitrogens with one attached hydrogen (secondary N) is 1. The highest BCUT2D eigenvalue weighted by molar-refractivity contribution is 5.95. The molecule has 0 spiro atoms. The van der Waals surface area contributed by atoms with Crippen molar-refractivity contribution < 1.29 is 19.1 Å². The van der Waals surface area contributed by atoms with Gasteiger partial charge in [0.25, 0.3) is 5.91 Å². The number of hydrogen-bond acceptors (Lipinski definition) is 6. The number of imidazole rings is 1. The van der Waals surface area contributed by atoms with Crippen LogP contribution in [0.2, 0.25) is 0 Å². The predicted molar refractivity (Wildman–Crippen MR) is 109 cm³/mol. The van der Waals surface area contributed by atoms with Crippen molar-refractivity contribution in [3.05, 3.63) is 29.7 Å². The highest BCUT2D eigenvalue weighted by Gasteiger charge is 2.26. The zero-order valence-electron chi connectivity index (χ0n) is 17.4. The van der Waals surface area contributed by atoms with Crippen LogP contribution in [0, 0.1) is 12.8 Å². The summed E-state index contributed by atoms with van der Waals surface area (Å²) < 4.78 is 12.5. The van der Waals surface area contributed by atoms with E-state index in [-0.39, 0.29) is 17.8 Å². The van der Waals surface area contributed by atoms with Gasteiger partial charge in [0.2, 0.25) is 0 Å². The number of aryl methyl sites for hydroxylation is 1. The number of carbonyl (C=O) groups is 2. The van der Waals surface area contributed by atoms with Crippen LogP contribution in [0.25, 0.3) is 5.65 Å². The number of amides is 1. The van der Waals surface area contributed by atoms with Crippen molar-refractivity contribution in [3.8, 4) is 5.75 Å². The van der Waals surface area contributed by atoms with Gasteiger partial charge in [-0.25, -0.2) is 4.98 Å². The standard InChI is InChI=1S/C21H30N4O4/c1-4-28-17-7-6-11-25-18(15(3)23-19(17)25)20(26)22-10-14-24-12-8-16(9-13-24)21(27)29-5-2/h6-7,11,16H,4-5,8-10,12-14H2,1-3H3,(H,22,26). The van der Waals surface area contributed by atoms with Crippen molar-refractivity contribution >= 4 is 17.5 Å². The fourth-order valence-corrected chi connectivity index (χ4v) is 3.76. The molecule has 0 unspecified atom stereocenters. The van der Waals surface area contributed by atoms with Crippen LogP contribution in [0.4, 0.5) is 0 Å². The van der Waals surface area contributed by atoms with E-state index < -0.39 is 0 Å². The number of piperidine rings is 1. The van der Waals surface area contributed by atoms with E-state index in [0.717, 1.165) is 32.5 Å². The second-order valence-corrected chi connectivity index (χ2v) is 7.17. The summed E-state index contributed by atoms with van der Waals surface area (Å²) in [6.07, 6.45) is 3.44. The highest BCUT2D eigenvalue weighted by Crippen LogP contribution is 2.22. The number of carbonyl (C=O) groups excluding carboxylic acids is 2. The molecule has 29 heavy (non-hydrogen) atoms. The first-order chi connectivity index (χ1) is 14.0. The Labute approximate surface area is 171 Å². The van der Waals surface area contributed by atoms with Crippen LogP contribution in [-0.4, -0.2) is 65.6 Å². The van der Waals surface area contributed by atoms with E-state index in [4.69, 9.17) is 9.47 Å². The molecule has 1 fully saturated rings. The van der Waals surface area contributed by atoms with Crippen LogP contribution < -0.4 is 10.1 Å². The third-order valence-corrected chi connectivity index (χ3v) is 5.22. The number of hydrogen-bond donors (Lipinski definition) is 1. The molecule has 0 bridgehead atoms. The van der Waals surface area contributed by atoms with E-state index in [2.05, 4.69) is 15.2 Å². The first-order valence-electron chi connectivity index (χ1n) is 10.3. The van der Waals surface area contributed by atoms with Gasteiger partial charge in [0.15, 0.2) is 11.4 Å². The third kappa shape index (κ3) is 4.87. The number of ether oxygens (including phenoxy) is 2. The SMILES string of the molecule is CCOC(=O)C1CCN(CCNC(=O)c2c(C)nc3c(OCC)cccn23)CC1. The van der Waals surface area contributed by atoms with Crippen molar-refractivity contribution in [3.63, 3.8) is 0 Å². The average Bonchev–Trinajstić information content (AvgIpc) is 3.06. The zero-order valence-corrected chi connectivity index (χ0v) is 17.4. The zero-order chi connectivity index (χ0) is 20.8. The van der Waals surface area contributed by atoms with Gasteiger partial charge in [-0.15, -0.1) is 0 Å². The molecule has 1 N–H and O–H groups in total. The largest absolute Gasteiger partial charge is 0.490 e. The Morgan fingerprint density at radius 2 is 2.00 bits per heavy atom. The molecule has 1 saturated heterocycles. The van der Waals surface area contributed by atoms with Crippen molar-refractivity contribution in [2.45, 2.75) is 33.6 Å². The summed E-state index contributed by atoms with van der Waals surface area (Å²) in [7, 11) is 0. The quantitative estimate of drug-likeness (QED) is 0.680. The lowest BCUT2D eigenvalue weighted by Crippen LogP contribution is -2.41. The molecular formula is C21H30N4O4. The second kappa shape index (κ2) is 9.73. The van der Waals surface area contributed by atoms with Crippen LogP contribution in [-0.2, 0) is 9.53 Å². The monoisotopic (exact) mass is 402 g/mol. The Hall–Kier alpha value is -2.61. The van der Waals surface area contributed by atoms with E-state index in [1.807, 2.05) is 39.1 Å². The number of nitrogens with zero attached hydrogens (tertiary/aromatic N) is 3. The van der Waals surface area contributed by atoms with Crippen LogP contribution >= 0.6 is 0 Å². The molecule has 8 heteroatoms. The first-order valence-corrected chi connectivity index (χ1v) is 10.3. The maximum Gasteiger partial charge on any atom is 0.309 e. The summed E-state index contributed by atoms with van der Waals surface area (Å²) in [6, 6.07) is 3.70. The molecule has 0 aromatic carbocycles. The van der Waals surface area contributed by atoms with Gasteiger partial charge in [-0.2, -0.15) is 0 Å². The Balaban J connectivity index is 1.54. The topological polar surface area (TPSA) is 85.2 Å². The first kappa shape index (κ1) is 21.1. The summed E-state index contributed by atoms with van der Waals surface area (Å²) in [6.45, 7) is 9.53. The molecule has 1 aliphatic heterocycles. The predicted octanol–water partition coefficient (Wildman–Crippen LogP) is 2.05. The molecule has 2 aromatic heterocycles. The van der Waals surface area contributed by atoms with Gasteiger partial charge in [0.1, 0.15) is 5.69 Å². The number of pyridine rings is 1. The van der Waals surface area contributed by atoms with E-state index in [9.17, 15) is 9.59 Å². The number of fused-ring (bicyclic) bond motifs is 1. The van der Waals surface area contributed by atoms with Gasteiger partial charge in [-0.1, -0.05) is 0 Å². The van der Waals surface area contributed by atoms with E-state index in [1.54, 1.807) is 4.40 Å². The van der Waals surface area contributed by atoms with Crippen LogP contribution in [0.1, 0.15) is 42.9 Å². The fraction of sp³-hybridized carbons (Fsp3) is 0.571. The summed E-state index contributed by atoms with van der Waals surface area (Å²) in [4.78, 5) is 31.4. The lowest BCUT2D eigenvalue weighted by atomic mass is 9.97. The van der Waals surface area contributed by atoms with Gasteiger partial charge in [-0.3, -0.25) is 14.0 Å². The smallest absolute Gasteiger partial charge is 0.309 e. The minimum absolute atomic E-state index is 0.00105. The van der Waals surface area contributed by atoms with Gasteiger partial charge in [0, 0.05) is 19.3 Å². The minimum atomic E-state index is -0.148. The lowest BCUT2D eigenvalue weighted by molar-refractivity contribution is -0.149. The van der Waals surface area contributed by atoms with Gasteiger partial charge in [0.05, 0.1) is 24.8 Å². The molecule has 0 atom stereocenters. The molecule has 0 radical (unpaired) electrons. The van der Waals surface area contributed by atoms with Crippen LogP contribution in [0.15, 0.2) is 18.3 Å². The van der Waals surface area contributed by atoms with E-state index >= 15 is 0 Å². The molecule has 2 aromatic rings. The van der Waals surface area contributed by atoms with Crippen molar-refractivity contribution in [1.82, 2.24) is 19.6 Å². The molecular weight excluding hydrogens is 372 g/mol. The van der Waals surface area contributed by atoms with Crippen LogP contribution in [0.5, 0.6) is 5.75 Å². The maximum atomic E-state index is 12.8. The molecule has 158 valence electrons. The number of rotatable bonds is 8. The molecule has 0 aliphatic carbocycles. The van der Waals surface area contributed by atoms with E-state index in [1.165, 1.54) is 0 Å². The molecule has 1 amide bonds. The third-order valence-electron chi connectivity index (χ3n) is 5.22. The molecule has 3 heterocycles. The molecule has 1 aliphatic rings. The Bertz CT molecular complexity index is 856. The summed E-state index contributed by atoms with van der Waals surface area (Å²) in [5.74, 6) is 0.433. The Kier molecular flexibility index (Phi) is 7.09. The number of esters is 1. The second-order valence-electron chi connectivity index (χ2n) is 7.17. The highest BCUT2D eigenvalue weighted by atomic mass is 16.5. The lowest BCUT2D eigenvalue weighted by Gasteiger charge is -2.30. The normalized spacial score (nSPS) is 15.4. The van der Waals surface area contributed by atoms with Gasteiger partial charge in [-0.05, 0) is 58.8 Å². The maximum absolute atomic E-state index is 12.8. The van der Waals surface area contributed by atoms with E-state index in [0.29, 0.717) is 42.5 Å².